The quantitative estimate of drug-likeness (QED) is 0.742. The molecule has 2 N–H and O–H groups in total. The fourth-order valence-electron chi connectivity index (χ4n) is 1.29. The summed E-state index contributed by atoms with van der Waals surface area (Å²) in [5.41, 5.74) is 3.40. The molecule has 3 heteroatoms. The van der Waals surface area contributed by atoms with Crippen LogP contribution in [0.4, 0.5) is 5.69 Å². The molecule has 1 aromatic rings. The van der Waals surface area contributed by atoms with Crippen molar-refractivity contribution in [1.29, 1.82) is 0 Å². The first kappa shape index (κ1) is 11.3. The molecule has 0 bridgehead atoms. The van der Waals surface area contributed by atoms with Crippen molar-refractivity contribution >= 4 is 11.7 Å². The smallest absolute Gasteiger partial charge is 0.332 e. The van der Waals surface area contributed by atoms with Crippen LogP contribution in [-0.2, 0) is 4.79 Å². The van der Waals surface area contributed by atoms with Crippen molar-refractivity contribution in [1.82, 2.24) is 0 Å². The molecule has 15 heavy (non-hydrogen) atoms. The molecule has 1 aromatic carbocycles. The van der Waals surface area contributed by atoms with E-state index in [1.165, 1.54) is 5.56 Å². The zero-order valence-corrected chi connectivity index (χ0v) is 9.00. The molecule has 0 aliphatic rings. The standard InChI is InChI=1S/C12H15NO2/c1-8-4-5-11(9(2)6-8)13-7-10(3)12(14)15/h4-6,13H,3,7H2,1-2H3,(H,14,15). The Morgan fingerprint density at radius 2 is 2.13 bits per heavy atom. The lowest BCUT2D eigenvalue weighted by molar-refractivity contribution is -0.132. The second kappa shape index (κ2) is 4.64. The highest BCUT2D eigenvalue weighted by Crippen LogP contribution is 2.16. The van der Waals surface area contributed by atoms with Crippen molar-refractivity contribution < 1.29 is 9.90 Å². The molecule has 0 heterocycles. The second-order valence-electron chi connectivity index (χ2n) is 3.58. The van der Waals surface area contributed by atoms with E-state index in [0.717, 1.165) is 11.3 Å². The first-order chi connectivity index (χ1) is 7.00. The van der Waals surface area contributed by atoms with Gasteiger partial charge in [0.25, 0.3) is 0 Å². The van der Waals surface area contributed by atoms with Crippen molar-refractivity contribution in [3.8, 4) is 0 Å². The summed E-state index contributed by atoms with van der Waals surface area (Å²) in [6.07, 6.45) is 0. The zero-order chi connectivity index (χ0) is 11.4. The van der Waals surface area contributed by atoms with Crippen LogP contribution < -0.4 is 5.32 Å². The number of nitrogens with one attached hydrogen (secondary N) is 1. The normalized spacial score (nSPS) is 9.73. The third-order valence-corrected chi connectivity index (χ3v) is 2.18. The largest absolute Gasteiger partial charge is 0.478 e. The SMILES string of the molecule is C=C(CNc1ccc(C)cc1C)C(=O)O. The molecule has 1 rings (SSSR count). The molecular weight excluding hydrogens is 190 g/mol. The molecule has 0 amide bonds. The monoisotopic (exact) mass is 205 g/mol. The van der Waals surface area contributed by atoms with Gasteiger partial charge < -0.3 is 10.4 Å². The van der Waals surface area contributed by atoms with Gasteiger partial charge in [-0.3, -0.25) is 0 Å². The summed E-state index contributed by atoms with van der Waals surface area (Å²) in [4.78, 5) is 10.5. The summed E-state index contributed by atoms with van der Waals surface area (Å²) in [5, 5.41) is 11.7. The van der Waals surface area contributed by atoms with Crippen LogP contribution in [0.1, 0.15) is 11.1 Å². The van der Waals surface area contributed by atoms with Gasteiger partial charge in [0.15, 0.2) is 0 Å². The fourth-order valence-corrected chi connectivity index (χ4v) is 1.29. The van der Waals surface area contributed by atoms with Crippen molar-refractivity contribution in [3.63, 3.8) is 0 Å². The molecule has 3 nitrogen and oxygen atoms in total. The third kappa shape index (κ3) is 3.13. The number of aliphatic carboxylic acids is 1. The van der Waals surface area contributed by atoms with Gasteiger partial charge in [0.2, 0.25) is 0 Å². The zero-order valence-electron chi connectivity index (χ0n) is 9.00. The van der Waals surface area contributed by atoms with Crippen LogP contribution in [0, 0.1) is 13.8 Å². The van der Waals surface area contributed by atoms with Crippen LogP contribution in [0.15, 0.2) is 30.4 Å². The van der Waals surface area contributed by atoms with Gasteiger partial charge in [-0.15, -0.1) is 0 Å². The number of carboxylic acids is 1. The fraction of sp³-hybridized carbons (Fsp3) is 0.250. The van der Waals surface area contributed by atoms with Gasteiger partial charge in [-0.2, -0.15) is 0 Å². The number of rotatable bonds is 4. The average molecular weight is 205 g/mol. The third-order valence-electron chi connectivity index (χ3n) is 2.18. The van der Waals surface area contributed by atoms with E-state index in [9.17, 15) is 4.79 Å². The number of anilines is 1. The Hall–Kier alpha value is -1.77. The number of hydrogen-bond acceptors (Lipinski definition) is 2. The summed E-state index contributed by atoms with van der Waals surface area (Å²) in [7, 11) is 0. The molecule has 0 saturated heterocycles. The first-order valence-electron chi connectivity index (χ1n) is 4.73. The van der Waals surface area contributed by atoms with Crippen molar-refractivity contribution in [2.75, 3.05) is 11.9 Å². The van der Waals surface area contributed by atoms with E-state index < -0.39 is 5.97 Å². The number of benzene rings is 1. The summed E-state index contributed by atoms with van der Waals surface area (Å²) in [6.45, 7) is 7.72. The van der Waals surface area contributed by atoms with Gasteiger partial charge in [0, 0.05) is 17.8 Å². The van der Waals surface area contributed by atoms with Gasteiger partial charge >= 0.3 is 5.97 Å². The van der Waals surface area contributed by atoms with Crippen LogP contribution in [0.2, 0.25) is 0 Å². The maximum Gasteiger partial charge on any atom is 0.332 e. The Balaban J connectivity index is 2.66. The Morgan fingerprint density at radius 3 is 2.67 bits per heavy atom. The van der Waals surface area contributed by atoms with Gasteiger partial charge in [-0.1, -0.05) is 24.3 Å². The minimum Gasteiger partial charge on any atom is -0.478 e. The molecule has 80 valence electrons. The van der Waals surface area contributed by atoms with Crippen molar-refractivity contribution in [2.24, 2.45) is 0 Å². The summed E-state index contributed by atoms with van der Waals surface area (Å²) in [6, 6.07) is 5.98. The lowest BCUT2D eigenvalue weighted by Crippen LogP contribution is -2.11. The molecule has 0 aromatic heterocycles. The minimum atomic E-state index is -0.965. The maximum absolute atomic E-state index is 10.5. The Kier molecular flexibility index (Phi) is 3.50. The van der Waals surface area contributed by atoms with E-state index in [1.807, 2.05) is 32.0 Å². The van der Waals surface area contributed by atoms with Gasteiger partial charge in [-0.25, -0.2) is 4.79 Å². The number of aryl methyl sites for hydroxylation is 2. The van der Waals surface area contributed by atoms with Gasteiger partial charge in [0.05, 0.1) is 0 Å². The molecule has 0 radical (unpaired) electrons. The molecule has 0 spiro atoms. The second-order valence-corrected chi connectivity index (χ2v) is 3.58. The predicted octanol–water partition coefficient (Wildman–Crippen LogP) is 2.36. The van der Waals surface area contributed by atoms with Crippen molar-refractivity contribution in [2.45, 2.75) is 13.8 Å². The highest BCUT2D eigenvalue weighted by Gasteiger charge is 2.04. The lowest BCUT2D eigenvalue weighted by Gasteiger charge is -2.09. The molecule has 0 saturated carbocycles. The molecule has 0 fully saturated rings. The summed E-state index contributed by atoms with van der Waals surface area (Å²) >= 11 is 0. The Morgan fingerprint density at radius 1 is 1.47 bits per heavy atom. The summed E-state index contributed by atoms with van der Waals surface area (Å²) in [5.74, 6) is -0.965. The molecule has 0 aliphatic heterocycles. The van der Waals surface area contributed by atoms with E-state index in [0.29, 0.717) is 0 Å². The van der Waals surface area contributed by atoms with Crippen LogP contribution in [0.5, 0.6) is 0 Å². The highest BCUT2D eigenvalue weighted by atomic mass is 16.4. The van der Waals surface area contributed by atoms with Crippen LogP contribution in [0.25, 0.3) is 0 Å². The lowest BCUT2D eigenvalue weighted by atomic mass is 10.1. The molecule has 0 atom stereocenters. The maximum atomic E-state index is 10.5. The molecular formula is C12H15NO2. The summed E-state index contributed by atoms with van der Waals surface area (Å²) < 4.78 is 0. The van der Waals surface area contributed by atoms with Crippen molar-refractivity contribution in [3.05, 3.63) is 41.5 Å². The predicted molar refractivity (Wildman–Crippen MR) is 61.2 cm³/mol. The Bertz CT molecular complexity index is 397. The van der Waals surface area contributed by atoms with E-state index >= 15 is 0 Å². The van der Waals surface area contributed by atoms with Gasteiger partial charge in [-0.05, 0) is 25.5 Å². The highest BCUT2D eigenvalue weighted by molar-refractivity contribution is 5.86. The Labute approximate surface area is 89.4 Å². The topological polar surface area (TPSA) is 49.3 Å². The minimum absolute atomic E-state index is 0.162. The van der Waals surface area contributed by atoms with E-state index in [2.05, 4.69) is 11.9 Å². The first-order valence-corrected chi connectivity index (χ1v) is 4.73. The molecule has 0 unspecified atom stereocenters. The number of carbonyl (C=O) groups is 1. The van der Waals surface area contributed by atoms with E-state index in [4.69, 9.17) is 5.11 Å². The number of carboxylic acid groups (broad SMARTS) is 1. The van der Waals surface area contributed by atoms with Crippen LogP contribution >= 0.6 is 0 Å². The number of hydrogen-bond donors (Lipinski definition) is 2. The average Bonchev–Trinajstić information content (AvgIpc) is 2.15. The van der Waals surface area contributed by atoms with Gasteiger partial charge in [0.1, 0.15) is 0 Å². The van der Waals surface area contributed by atoms with Crippen LogP contribution in [-0.4, -0.2) is 17.6 Å². The molecule has 0 aliphatic carbocycles. The van der Waals surface area contributed by atoms with Crippen LogP contribution in [0.3, 0.4) is 0 Å². The van der Waals surface area contributed by atoms with E-state index in [-0.39, 0.29) is 12.1 Å². The van der Waals surface area contributed by atoms with E-state index in [1.54, 1.807) is 0 Å².